The lowest BCUT2D eigenvalue weighted by Gasteiger charge is -2.12. The lowest BCUT2D eigenvalue weighted by atomic mass is 10.3. The molecular weight excluding hydrogens is 277 g/mol. The van der Waals surface area contributed by atoms with Crippen LogP contribution in [0.3, 0.4) is 0 Å². The van der Waals surface area contributed by atoms with Gasteiger partial charge in [0.2, 0.25) is 10.0 Å². The van der Waals surface area contributed by atoms with E-state index in [1.54, 1.807) is 0 Å². The number of hydrogen-bond donors (Lipinski definition) is 2. The van der Waals surface area contributed by atoms with Crippen molar-refractivity contribution in [1.82, 2.24) is 4.72 Å². The Labute approximate surface area is 111 Å². The quantitative estimate of drug-likeness (QED) is 0.798. The molecule has 0 aromatic heterocycles. The number of halogens is 1. The van der Waals surface area contributed by atoms with Crippen molar-refractivity contribution in [3.8, 4) is 11.5 Å². The Bertz CT molecular complexity index is 544. The molecule has 0 saturated carbocycles. The fourth-order valence-electron chi connectivity index (χ4n) is 1.35. The summed E-state index contributed by atoms with van der Waals surface area (Å²) in [5.74, 6) is -0.772. The highest BCUT2D eigenvalue weighted by atomic mass is 32.2. The van der Waals surface area contributed by atoms with Crippen molar-refractivity contribution >= 4 is 10.0 Å². The highest BCUT2D eigenvalue weighted by molar-refractivity contribution is 7.89. The van der Waals surface area contributed by atoms with E-state index >= 15 is 0 Å². The molecule has 0 fully saturated rings. The van der Waals surface area contributed by atoms with E-state index in [4.69, 9.17) is 14.6 Å². The zero-order valence-corrected chi connectivity index (χ0v) is 11.6. The lowest BCUT2D eigenvalue weighted by Crippen LogP contribution is -2.31. The standard InChI is InChI=1S/C11H16FNO5S/c1-7(14)6-13-19(15,16)11-5-10(18-3)9(17-2)4-8(11)12/h4-5,7,13-14H,6H2,1-3H3/t7-/m0/s1. The predicted octanol–water partition coefficient (Wildman–Crippen LogP) is 0.502. The van der Waals surface area contributed by atoms with Gasteiger partial charge in [-0.1, -0.05) is 0 Å². The van der Waals surface area contributed by atoms with Gasteiger partial charge in [0.25, 0.3) is 0 Å². The average molecular weight is 293 g/mol. The van der Waals surface area contributed by atoms with E-state index in [0.717, 1.165) is 12.1 Å². The van der Waals surface area contributed by atoms with E-state index < -0.39 is 26.8 Å². The molecule has 0 amide bonds. The molecule has 0 bridgehead atoms. The highest BCUT2D eigenvalue weighted by Crippen LogP contribution is 2.31. The minimum absolute atomic E-state index is 0.0921. The summed E-state index contributed by atoms with van der Waals surface area (Å²) in [6.07, 6.45) is -0.877. The number of ether oxygens (including phenoxy) is 2. The van der Waals surface area contributed by atoms with E-state index in [-0.39, 0.29) is 18.0 Å². The molecule has 1 aromatic carbocycles. The van der Waals surface area contributed by atoms with Crippen LogP contribution in [0, 0.1) is 5.82 Å². The van der Waals surface area contributed by atoms with Crippen molar-refractivity contribution in [2.24, 2.45) is 0 Å². The summed E-state index contributed by atoms with van der Waals surface area (Å²) >= 11 is 0. The highest BCUT2D eigenvalue weighted by Gasteiger charge is 2.22. The molecule has 1 rings (SSSR count). The molecule has 2 N–H and O–H groups in total. The third-order valence-electron chi connectivity index (χ3n) is 2.30. The largest absolute Gasteiger partial charge is 0.493 e. The smallest absolute Gasteiger partial charge is 0.243 e. The van der Waals surface area contributed by atoms with Crippen LogP contribution in [0.25, 0.3) is 0 Å². The van der Waals surface area contributed by atoms with E-state index in [1.807, 2.05) is 0 Å². The van der Waals surface area contributed by atoms with Gasteiger partial charge in [0.05, 0.1) is 20.3 Å². The van der Waals surface area contributed by atoms with Crippen LogP contribution < -0.4 is 14.2 Å². The molecule has 0 aliphatic carbocycles. The molecule has 8 heteroatoms. The normalized spacial score (nSPS) is 13.1. The van der Waals surface area contributed by atoms with Gasteiger partial charge in [-0.15, -0.1) is 0 Å². The molecule has 0 saturated heterocycles. The summed E-state index contributed by atoms with van der Waals surface area (Å²) in [6, 6.07) is 1.95. The number of benzene rings is 1. The van der Waals surface area contributed by atoms with Gasteiger partial charge in [-0.05, 0) is 6.92 Å². The molecule has 0 aliphatic rings. The van der Waals surface area contributed by atoms with Crippen molar-refractivity contribution < 1.29 is 27.4 Å². The summed E-state index contributed by atoms with van der Waals surface area (Å²) in [5.41, 5.74) is 0. The predicted molar refractivity (Wildman–Crippen MR) is 66.4 cm³/mol. The van der Waals surface area contributed by atoms with Crippen LogP contribution in [0.15, 0.2) is 17.0 Å². The van der Waals surface area contributed by atoms with Crippen LogP contribution in [-0.4, -0.2) is 40.4 Å². The Morgan fingerprint density at radius 1 is 1.32 bits per heavy atom. The molecule has 1 aromatic rings. The molecular formula is C11H16FNO5S. The third-order valence-corrected chi connectivity index (χ3v) is 3.73. The lowest BCUT2D eigenvalue weighted by molar-refractivity contribution is 0.198. The number of methoxy groups -OCH3 is 2. The summed E-state index contributed by atoms with van der Waals surface area (Å²) in [6.45, 7) is 1.20. The number of rotatable bonds is 6. The van der Waals surface area contributed by atoms with Crippen molar-refractivity contribution in [3.63, 3.8) is 0 Å². The first-order valence-corrected chi connectivity index (χ1v) is 6.89. The van der Waals surface area contributed by atoms with Crippen LogP contribution >= 0.6 is 0 Å². The molecule has 6 nitrogen and oxygen atoms in total. The summed E-state index contributed by atoms with van der Waals surface area (Å²) in [7, 11) is -1.43. The van der Waals surface area contributed by atoms with Crippen molar-refractivity contribution in [3.05, 3.63) is 17.9 Å². The fraction of sp³-hybridized carbons (Fsp3) is 0.455. The first-order chi connectivity index (χ1) is 8.81. The molecule has 0 unspecified atom stereocenters. The zero-order chi connectivity index (χ0) is 14.6. The van der Waals surface area contributed by atoms with Crippen molar-refractivity contribution in [2.75, 3.05) is 20.8 Å². The van der Waals surface area contributed by atoms with Gasteiger partial charge in [-0.25, -0.2) is 17.5 Å². The maximum absolute atomic E-state index is 13.8. The van der Waals surface area contributed by atoms with Crippen LogP contribution in [0.5, 0.6) is 11.5 Å². The number of sulfonamides is 1. The van der Waals surface area contributed by atoms with Crippen LogP contribution in [0.1, 0.15) is 6.92 Å². The van der Waals surface area contributed by atoms with Gasteiger partial charge in [0.1, 0.15) is 10.7 Å². The SMILES string of the molecule is COc1cc(F)c(S(=O)(=O)NC[C@H](C)O)cc1OC. The number of aliphatic hydroxyl groups excluding tert-OH is 1. The van der Waals surface area contributed by atoms with Crippen LogP contribution in [0.2, 0.25) is 0 Å². The Hall–Kier alpha value is -1.38. The molecule has 0 heterocycles. The van der Waals surface area contributed by atoms with Gasteiger partial charge in [0.15, 0.2) is 11.5 Å². The fourth-order valence-corrected chi connectivity index (χ4v) is 2.54. The van der Waals surface area contributed by atoms with Gasteiger partial charge < -0.3 is 14.6 Å². The number of nitrogens with one attached hydrogen (secondary N) is 1. The first kappa shape index (κ1) is 15.7. The zero-order valence-electron chi connectivity index (χ0n) is 10.8. The van der Waals surface area contributed by atoms with E-state index in [0.29, 0.717) is 0 Å². The Morgan fingerprint density at radius 3 is 2.32 bits per heavy atom. The van der Waals surface area contributed by atoms with E-state index in [9.17, 15) is 12.8 Å². The third kappa shape index (κ3) is 3.79. The summed E-state index contributed by atoms with van der Waals surface area (Å²) < 4.78 is 49.4. The van der Waals surface area contributed by atoms with Crippen molar-refractivity contribution in [2.45, 2.75) is 17.9 Å². The minimum atomic E-state index is -4.06. The second-order valence-corrected chi connectivity index (χ2v) is 5.57. The Morgan fingerprint density at radius 2 is 1.84 bits per heavy atom. The maximum atomic E-state index is 13.8. The summed E-state index contributed by atoms with van der Waals surface area (Å²) in [4.78, 5) is -0.564. The maximum Gasteiger partial charge on any atom is 0.243 e. The Kier molecular flexibility index (Phi) is 5.10. The van der Waals surface area contributed by atoms with Gasteiger partial charge >= 0.3 is 0 Å². The molecule has 19 heavy (non-hydrogen) atoms. The first-order valence-electron chi connectivity index (χ1n) is 5.41. The number of hydrogen-bond acceptors (Lipinski definition) is 5. The molecule has 108 valence electrons. The van der Waals surface area contributed by atoms with Crippen LogP contribution in [-0.2, 0) is 10.0 Å². The van der Waals surface area contributed by atoms with E-state index in [2.05, 4.69) is 4.72 Å². The molecule has 0 aliphatic heterocycles. The molecule has 1 atom stereocenters. The second kappa shape index (κ2) is 6.18. The molecule has 0 radical (unpaired) electrons. The Balaban J connectivity index is 3.19. The second-order valence-electron chi connectivity index (χ2n) is 3.84. The van der Waals surface area contributed by atoms with Gasteiger partial charge in [0, 0.05) is 18.7 Å². The number of aliphatic hydroxyl groups is 1. The topological polar surface area (TPSA) is 84.9 Å². The average Bonchev–Trinajstić information content (AvgIpc) is 2.35. The molecule has 0 spiro atoms. The van der Waals surface area contributed by atoms with Gasteiger partial charge in [-0.2, -0.15) is 0 Å². The summed E-state index contributed by atoms with van der Waals surface area (Å²) in [5, 5.41) is 9.05. The monoisotopic (exact) mass is 293 g/mol. The van der Waals surface area contributed by atoms with Crippen LogP contribution in [0.4, 0.5) is 4.39 Å². The van der Waals surface area contributed by atoms with Gasteiger partial charge in [-0.3, -0.25) is 0 Å². The van der Waals surface area contributed by atoms with Crippen molar-refractivity contribution in [1.29, 1.82) is 0 Å². The van der Waals surface area contributed by atoms with E-state index in [1.165, 1.54) is 21.1 Å². The minimum Gasteiger partial charge on any atom is -0.493 e.